The number of benzene rings is 2. The van der Waals surface area contributed by atoms with Gasteiger partial charge in [-0.05, 0) is 47.0 Å². The number of aromatic amines is 1. The Morgan fingerprint density at radius 2 is 1.73 bits per heavy atom. The van der Waals surface area contributed by atoms with Crippen LogP contribution in [0.4, 0.5) is 0 Å². The standard InChI is InChI=1S/C23H28N4O2S/c1-16(2)19-7-8-21(28)20(13-19)22-24-25-23(30)27(22)15-18-5-3-17(4-6-18)14-26-9-11-29-12-10-26/h3-8,13,16,28H,9-12,14-15H2,1-2H3,(H,25,30). The maximum absolute atomic E-state index is 10.4. The van der Waals surface area contributed by atoms with Crippen LogP contribution in [0.2, 0.25) is 0 Å². The molecule has 0 saturated carbocycles. The van der Waals surface area contributed by atoms with Crippen LogP contribution < -0.4 is 0 Å². The van der Waals surface area contributed by atoms with Crippen LogP contribution in [0.25, 0.3) is 11.4 Å². The van der Waals surface area contributed by atoms with Crippen molar-refractivity contribution in [3.05, 3.63) is 63.9 Å². The molecule has 30 heavy (non-hydrogen) atoms. The smallest absolute Gasteiger partial charge is 0.195 e. The van der Waals surface area contributed by atoms with Gasteiger partial charge in [-0.2, -0.15) is 5.10 Å². The van der Waals surface area contributed by atoms with Gasteiger partial charge in [-0.25, -0.2) is 0 Å². The first-order chi connectivity index (χ1) is 14.5. The number of hydrogen-bond donors (Lipinski definition) is 2. The van der Waals surface area contributed by atoms with E-state index in [0.717, 1.165) is 44.0 Å². The fourth-order valence-corrected chi connectivity index (χ4v) is 3.91. The zero-order chi connectivity index (χ0) is 21.1. The molecule has 0 bridgehead atoms. The Morgan fingerprint density at radius 1 is 1.07 bits per heavy atom. The third-order valence-corrected chi connectivity index (χ3v) is 5.87. The van der Waals surface area contributed by atoms with Gasteiger partial charge in [0.2, 0.25) is 0 Å². The lowest BCUT2D eigenvalue weighted by atomic mass is 10.00. The molecule has 0 unspecified atom stereocenters. The molecule has 0 atom stereocenters. The van der Waals surface area contributed by atoms with Crippen molar-refractivity contribution in [1.82, 2.24) is 19.7 Å². The number of ether oxygens (including phenoxy) is 1. The highest BCUT2D eigenvalue weighted by atomic mass is 32.1. The van der Waals surface area contributed by atoms with Gasteiger partial charge in [0.1, 0.15) is 5.75 Å². The number of aromatic nitrogens is 3. The Kier molecular flexibility index (Phi) is 6.32. The lowest BCUT2D eigenvalue weighted by Gasteiger charge is -2.26. The SMILES string of the molecule is CC(C)c1ccc(O)c(-c2n[nH]c(=S)n2Cc2ccc(CN3CCOCC3)cc2)c1. The number of nitrogens with one attached hydrogen (secondary N) is 1. The van der Waals surface area contributed by atoms with Gasteiger partial charge in [0.25, 0.3) is 0 Å². The topological polar surface area (TPSA) is 66.3 Å². The highest BCUT2D eigenvalue weighted by Gasteiger charge is 2.15. The van der Waals surface area contributed by atoms with E-state index in [4.69, 9.17) is 17.0 Å². The van der Waals surface area contributed by atoms with Gasteiger partial charge in [-0.1, -0.05) is 44.2 Å². The molecule has 3 aromatic rings. The van der Waals surface area contributed by atoms with Crippen LogP contribution in [-0.2, 0) is 17.8 Å². The van der Waals surface area contributed by atoms with E-state index < -0.39 is 0 Å². The summed E-state index contributed by atoms with van der Waals surface area (Å²) in [5, 5.41) is 17.7. The number of H-pyrrole nitrogens is 1. The lowest BCUT2D eigenvalue weighted by molar-refractivity contribution is 0.0342. The minimum atomic E-state index is 0.204. The average Bonchev–Trinajstić information content (AvgIpc) is 3.10. The van der Waals surface area contributed by atoms with Crippen LogP contribution in [-0.4, -0.2) is 51.1 Å². The molecule has 0 aliphatic carbocycles. The van der Waals surface area contributed by atoms with Crippen LogP contribution in [0.1, 0.15) is 36.5 Å². The van der Waals surface area contributed by atoms with Crippen molar-refractivity contribution >= 4 is 12.2 Å². The molecule has 0 spiro atoms. The first-order valence-electron chi connectivity index (χ1n) is 10.4. The van der Waals surface area contributed by atoms with Gasteiger partial charge in [0, 0.05) is 19.6 Å². The minimum Gasteiger partial charge on any atom is -0.507 e. The summed E-state index contributed by atoms with van der Waals surface area (Å²) in [6, 6.07) is 14.3. The Morgan fingerprint density at radius 3 is 2.40 bits per heavy atom. The predicted octanol–water partition coefficient (Wildman–Crippen LogP) is 4.32. The van der Waals surface area contributed by atoms with Crippen molar-refractivity contribution in [2.24, 2.45) is 0 Å². The van der Waals surface area contributed by atoms with Crippen LogP contribution in [0.3, 0.4) is 0 Å². The molecule has 1 saturated heterocycles. The fraction of sp³-hybridized carbons (Fsp3) is 0.391. The molecule has 1 aromatic heterocycles. The van der Waals surface area contributed by atoms with Crippen molar-refractivity contribution in [3.8, 4) is 17.1 Å². The monoisotopic (exact) mass is 424 g/mol. The molecule has 1 aliphatic heterocycles. The normalized spacial score (nSPS) is 15.0. The van der Waals surface area contributed by atoms with Crippen molar-refractivity contribution in [2.75, 3.05) is 26.3 Å². The second-order valence-corrected chi connectivity index (χ2v) is 8.46. The molecule has 6 nitrogen and oxygen atoms in total. The lowest BCUT2D eigenvalue weighted by Crippen LogP contribution is -2.35. The zero-order valence-electron chi connectivity index (χ0n) is 17.5. The molecule has 2 heterocycles. The molecule has 158 valence electrons. The van der Waals surface area contributed by atoms with E-state index >= 15 is 0 Å². The summed E-state index contributed by atoms with van der Waals surface area (Å²) in [6.07, 6.45) is 0. The van der Waals surface area contributed by atoms with Gasteiger partial charge in [0.05, 0.1) is 25.3 Å². The Bertz CT molecular complexity index is 1050. The Labute approximate surface area is 182 Å². The molecule has 1 aliphatic rings. The first kappa shape index (κ1) is 20.8. The van der Waals surface area contributed by atoms with E-state index in [0.29, 0.717) is 28.6 Å². The van der Waals surface area contributed by atoms with Crippen molar-refractivity contribution in [3.63, 3.8) is 0 Å². The van der Waals surface area contributed by atoms with E-state index in [1.807, 2.05) is 16.7 Å². The highest BCUT2D eigenvalue weighted by molar-refractivity contribution is 7.71. The highest BCUT2D eigenvalue weighted by Crippen LogP contribution is 2.31. The quantitative estimate of drug-likeness (QED) is 0.577. The summed E-state index contributed by atoms with van der Waals surface area (Å²) in [6.45, 7) is 9.37. The molecule has 7 heteroatoms. The minimum absolute atomic E-state index is 0.204. The first-order valence-corrected chi connectivity index (χ1v) is 10.8. The second kappa shape index (κ2) is 9.12. The maximum Gasteiger partial charge on any atom is 0.195 e. The third kappa shape index (κ3) is 4.64. The number of nitrogens with zero attached hydrogens (tertiary/aromatic N) is 3. The second-order valence-electron chi connectivity index (χ2n) is 8.07. The number of phenolic OH excluding ortho intramolecular Hbond substituents is 1. The van der Waals surface area contributed by atoms with Crippen LogP contribution in [0, 0.1) is 4.77 Å². The van der Waals surface area contributed by atoms with E-state index in [1.54, 1.807) is 6.07 Å². The summed E-state index contributed by atoms with van der Waals surface area (Å²) in [4.78, 5) is 2.41. The van der Waals surface area contributed by atoms with E-state index in [-0.39, 0.29) is 5.75 Å². The number of rotatable bonds is 6. The summed E-state index contributed by atoms with van der Waals surface area (Å²) < 4.78 is 7.90. The Hall–Kier alpha value is -2.48. The number of hydrogen-bond acceptors (Lipinski definition) is 5. The molecule has 2 N–H and O–H groups in total. The van der Waals surface area contributed by atoms with Crippen LogP contribution in [0.5, 0.6) is 5.75 Å². The molecule has 0 radical (unpaired) electrons. The largest absolute Gasteiger partial charge is 0.507 e. The summed E-state index contributed by atoms with van der Waals surface area (Å²) >= 11 is 5.48. The number of morpholine rings is 1. The van der Waals surface area contributed by atoms with Crippen LogP contribution >= 0.6 is 12.2 Å². The van der Waals surface area contributed by atoms with Gasteiger partial charge < -0.3 is 9.84 Å². The van der Waals surface area contributed by atoms with E-state index in [9.17, 15) is 5.11 Å². The zero-order valence-corrected chi connectivity index (χ0v) is 18.3. The van der Waals surface area contributed by atoms with Gasteiger partial charge in [-0.15, -0.1) is 0 Å². The van der Waals surface area contributed by atoms with Crippen molar-refractivity contribution in [1.29, 1.82) is 0 Å². The van der Waals surface area contributed by atoms with Crippen LogP contribution in [0.15, 0.2) is 42.5 Å². The third-order valence-electron chi connectivity index (χ3n) is 5.56. The van der Waals surface area contributed by atoms with Gasteiger partial charge in [0.15, 0.2) is 10.6 Å². The van der Waals surface area contributed by atoms with Crippen molar-refractivity contribution in [2.45, 2.75) is 32.9 Å². The molecular formula is C23H28N4O2S. The number of aromatic hydroxyl groups is 1. The van der Waals surface area contributed by atoms with E-state index in [1.165, 1.54) is 5.56 Å². The predicted molar refractivity (Wildman–Crippen MR) is 120 cm³/mol. The summed E-state index contributed by atoms with van der Waals surface area (Å²) in [7, 11) is 0. The molecule has 4 rings (SSSR count). The molecule has 1 fully saturated rings. The average molecular weight is 425 g/mol. The van der Waals surface area contributed by atoms with E-state index in [2.05, 4.69) is 53.2 Å². The summed E-state index contributed by atoms with van der Waals surface area (Å²) in [5.41, 5.74) is 4.27. The van der Waals surface area contributed by atoms with Gasteiger partial charge in [-0.3, -0.25) is 14.6 Å². The summed E-state index contributed by atoms with van der Waals surface area (Å²) in [5.74, 6) is 1.21. The molecule has 2 aromatic carbocycles. The van der Waals surface area contributed by atoms with Gasteiger partial charge >= 0.3 is 0 Å². The Balaban J connectivity index is 1.55. The molecule has 0 amide bonds. The number of phenols is 1. The molecular weight excluding hydrogens is 396 g/mol. The maximum atomic E-state index is 10.4. The van der Waals surface area contributed by atoms with Crippen molar-refractivity contribution < 1.29 is 9.84 Å². The fourth-order valence-electron chi connectivity index (χ4n) is 3.71.